The first-order chi connectivity index (χ1) is 16.1. The fourth-order valence-corrected chi connectivity index (χ4v) is 4.63. The van der Waals surface area contributed by atoms with Crippen LogP contribution in [0.3, 0.4) is 0 Å². The van der Waals surface area contributed by atoms with Crippen molar-refractivity contribution in [1.29, 1.82) is 0 Å². The maximum Gasteiger partial charge on any atom is 0.435 e. The molecule has 2 aliphatic heterocycles. The van der Waals surface area contributed by atoms with E-state index in [1.807, 2.05) is 0 Å². The molecule has 12 heteroatoms. The zero-order chi connectivity index (χ0) is 24.6. The molecule has 0 bridgehead atoms. The van der Waals surface area contributed by atoms with Crippen LogP contribution in [0.15, 0.2) is 29.3 Å². The maximum atomic E-state index is 13.4. The number of hydrogen-bond acceptors (Lipinski definition) is 4. The Morgan fingerprint density at radius 1 is 1.24 bits per heavy atom. The van der Waals surface area contributed by atoms with Gasteiger partial charge >= 0.3 is 6.18 Å². The van der Waals surface area contributed by atoms with Gasteiger partial charge in [-0.1, -0.05) is 29.3 Å². The molecule has 7 nitrogen and oxygen atoms in total. The number of benzene rings is 1. The summed E-state index contributed by atoms with van der Waals surface area (Å²) in [5.74, 6) is -1.22. The number of alkyl halides is 3. The van der Waals surface area contributed by atoms with E-state index in [9.17, 15) is 22.8 Å². The lowest BCUT2D eigenvalue weighted by Crippen LogP contribution is -2.43. The van der Waals surface area contributed by atoms with Gasteiger partial charge in [-0.3, -0.25) is 9.59 Å². The molecule has 2 atom stereocenters. The smallest absolute Gasteiger partial charge is 0.355 e. The molecule has 0 spiro atoms. The number of amides is 2. The summed E-state index contributed by atoms with van der Waals surface area (Å²) >= 11 is 12.2. The van der Waals surface area contributed by atoms with E-state index in [4.69, 9.17) is 23.2 Å². The van der Waals surface area contributed by atoms with Crippen LogP contribution in [0.2, 0.25) is 10.0 Å². The normalized spacial score (nSPS) is 20.4. The molecule has 2 amide bonds. The number of aromatic nitrogens is 2. The van der Waals surface area contributed by atoms with E-state index in [0.717, 1.165) is 17.2 Å². The van der Waals surface area contributed by atoms with Crippen LogP contribution in [-0.2, 0) is 15.8 Å². The summed E-state index contributed by atoms with van der Waals surface area (Å²) in [5, 5.41) is 7.06. The Kier molecular flexibility index (Phi) is 6.91. The van der Waals surface area contributed by atoms with E-state index in [1.54, 1.807) is 17.9 Å². The molecule has 1 fully saturated rings. The van der Waals surface area contributed by atoms with Gasteiger partial charge in [0.1, 0.15) is 5.92 Å². The lowest BCUT2D eigenvalue weighted by Gasteiger charge is -2.31. The molecule has 0 aliphatic carbocycles. The summed E-state index contributed by atoms with van der Waals surface area (Å²) in [5.41, 5.74) is -0.269. The Hall–Kier alpha value is -2.59. The van der Waals surface area contributed by atoms with E-state index in [0.29, 0.717) is 43.8 Å². The molecule has 3 heterocycles. The van der Waals surface area contributed by atoms with Gasteiger partial charge < -0.3 is 10.2 Å². The third-order valence-corrected chi connectivity index (χ3v) is 6.71. The minimum Gasteiger partial charge on any atom is -0.355 e. The van der Waals surface area contributed by atoms with E-state index in [1.165, 1.54) is 12.1 Å². The Morgan fingerprint density at radius 3 is 2.65 bits per heavy atom. The number of rotatable bonds is 6. The van der Waals surface area contributed by atoms with Crippen LogP contribution in [0.5, 0.6) is 0 Å². The highest BCUT2D eigenvalue weighted by atomic mass is 35.5. The van der Waals surface area contributed by atoms with Gasteiger partial charge in [0.15, 0.2) is 11.5 Å². The molecule has 1 N–H and O–H groups in total. The third-order valence-electron chi connectivity index (χ3n) is 5.97. The topological polar surface area (TPSA) is 79.6 Å². The van der Waals surface area contributed by atoms with Gasteiger partial charge in [0.25, 0.3) is 0 Å². The number of likely N-dealkylation sites (tertiary alicyclic amines) is 1. The number of halogens is 5. The summed E-state index contributed by atoms with van der Waals surface area (Å²) in [6, 6.07) is 4.60. The Labute approximate surface area is 203 Å². The molecular weight excluding hydrogens is 494 g/mol. The Morgan fingerprint density at radius 2 is 2.00 bits per heavy atom. The number of fused-ring (bicyclic) bond motifs is 1. The third kappa shape index (κ3) is 4.93. The highest BCUT2D eigenvalue weighted by Crippen LogP contribution is 2.41. The molecule has 182 valence electrons. The molecule has 1 aromatic heterocycles. The van der Waals surface area contributed by atoms with Crippen LogP contribution < -0.4 is 5.32 Å². The van der Waals surface area contributed by atoms with Gasteiger partial charge in [0.05, 0.1) is 16.1 Å². The molecule has 4 rings (SSSR count). The number of hydrogen-bond donors (Lipinski definition) is 1. The van der Waals surface area contributed by atoms with Crippen LogP contribution in [0.25, 0.3) is 0 Å². The average Bonchev–Trinajstić information content (AvgIpc) is 3.38. The molecule has 2 aliphatic rings. The van der Waals surface area contributed by atoms with Crippen LogP contribution >= 0.6 is 23.2 Å². The summed E-state index contributed by atoms with van der Waals surface area (Å²) in [6.07, 6.45) is -2.73. The van der Waals surface area contributed by atoms with Gasteiger partial charge in [-0.25, -0.2) is 9.67 Å². The number of carbonyl (C=O) groups excluding carboxylic acids is 2. The standard InChI is InChI=1S/C22H22Cl2F3N5O2/c1-12-19(21(34)28-7-3-9-31-8-2-4-18(31)33)20(13-5-6-14(23)15(24)10-13)32-17(29-12)11-16(30-32)22(25,26)27/h5-6,10-11,19-20H,2-4,7-9H2,1H3,(H,28,34). The molecule has 1 saturated heterocycles. The second-order valence-electron chi connectivity index (χ2n) is 8.31. The molecule has 1 aromatic carbocycles. The summed E-state index contributed by atoms with van der Waals surface area (Å²) < 4.78 is 41.2. The highest BCUT2D eigenvalue weighted by Gasteiger charge is 2.42. The van der Waals surface area contributed by atoms with Crippen LogP contribution in [0, 0.1) is 5.92 Å². The predicted molar refractivity (Wildman–Crippen MR) is 122 cm³/mol. The highest BCUT2D eigenvalue weighted by molar-refractivity contribution is 6.42. The maximum absolute atomic E-state index is 13.4. The van der Waals surface area contributed by atoms with Crippen molar-refractivity contribution in [2.24, 2.45) is 10.9 Å². The molecule has 34 heavy (non-hydrogen) atoms. The first kappa shape index (κ1) is 24.5. The molecule has 0 saturated carbocycles. The Bertz CT molecular complexity index is 1150. The first-order valence-corrected chi connectivity index (χ1v) is 11.5. The number of nitrogens with one attached hydrogen (secondary N) is 1. The van der Waals surface area contributed by atoms with Crippen LogP contribution in [0.4, 0.5) is 19.0 Å². The number of aliphatic imine (C=N–C) groups is 1. The van der Waals surface area contributed by atoms with Crippen molar-refractivity contribution >= 4 is 46.5 Å². The lowest BCUT2D eigenvalue weighted by atomic mass is 9.87. The SMILES string of the molecule is CC1=Nc2cc(C(F)(F)F)nn2C(c2ccc(Cl)c(Cl)c2)C1C(=O)NCCCN1CCCC1=O. The van der Waals surface area contributed by atoms with Gasteiger partial charge in [0, 0.05) is 37.8 Å². The van der Waals surface area contributed by atoms with Gasteiger partial charge in [-0.15, -0.1) is 0 Å². The largest absolute Gasteiger partial charge is 0.435 e. The second-order valence-corrected chi connectivity index (χ2v) is 9.12. The minimum absolute atomic E-state index is 0.00232. The van der Waals surface area contributed by atoms with Crippen molar-refractivity contribution in [1.82, 2.24) is 20.0 Å². The van der Waals surface area contributed by atoms with Gasteiger partial charge in [0.2, 0.25) is 11.8 Å². The lowest BCUT2D eigenvalue weighted by molar-refractivity contribution is -0.141. The van der Waals surface area contributed by atoms with E-state index >= 15 is 0 Å². The average molecular weight is 516 g/mol. The molecule has 2 aromatic rings. The minimum atomic E-state index is -4.67. The quantitative estimate of drug-likeness (QED) is 0.568. The van der Waals surface area contributed by atoms with Crippen molar-refractivity contribution in [2.75, 3.05) is 19.6 Å². The van der Waals surface area contributed by atoms with Crippen LogP contribution in [-0.4, -0.2) is 51.8 Å². The van der Waals surface area contributed by atoms with Crippen molar-refractivity contribution in [3.63, 3.8) is 0 Å². The van der Waals surface area contributed by atoms with E-state index in [-0.39, 0.29) is 21.8 Å². The number of nitrogens with zero attached hydrogens (tertiary/aromatic N) is 4. The summed E-state index contributed by atoms with van der Waals surface area (Å²) in [4.78, 5) is 31.0. The second kappa shape index (κ2) is 9.58. The van der Waals surface area contributed by atoms with E-state index in [2.05, 4.69) is 15.4 Å². The zero-order valence-corrected chi connectivity index (χ0v) is 19.7. The fourth-order valence-electron chi connectivity index (χ4n) is 4.33. The zero-order valence-electron chi connectivity index (χ0n) is 18.2. The monoisotopic (exact) mass is 515 g/mol. The number of carbonyl (C=O) groups is 2. The summed E-state index contributed by atoms with van der Waals surface area (Å²) in [7, 11) is 0. The van der Waals surface area contributed by atoms with Crippen molar-refractivity contribution in [2.45, 2.75) is 38.4 Å². The van der Waals surface area contributed by atoms with Gasteiger partial charge in [-0.2, -0.15) is 18.3 Å². The van der Waals surface area contributed by atoms with Crippen LogP contribution in [0.1, 0.15) is 43.5 Å². The predicted octanol–water partition coefficient (Wildman–Crippen LogP) is 4.65. The van der Waals surface area contributed by atoms with Crippen molar-refractivity contribution < 1.29 is 22.8 Å². The summed E-state index contributed by atoms with van der Waals surface area (Å²) in [6.45, 7) is 3.15. The van der Waals surface area contributed by atoms with E-state index < -0.39 is 29.7 Å². The fraction of sp³-hybridized carbons (Fsp3) is 0.455. The van der Waals surface area contributed by atoms with Gasteiger partial charge in [-0.05, 0) is 37.5 Å². The molecular formula is C22H22Cl2F3N5O2. The first-order valence-electron chi connectivity index (χ1n) is 10.8. The molecule has 0 radical (unpaired) electrons. The molecule has 2 unspecified atom stereocenters. The van der Waals surface area contributed by atoms with Crippen molar-refractivity contribution in [3.8, 4) is 0 Å². The Balaban J connectivity index is 1.60. The van der Waals surface area contributed by atoms with Crippen molar-refractivity contribution in [3.05, 3.63) is 45.6 Å².